The number of nitrogens with zero attached hydrogens (tertiary/aromatic N) is 2. The molecule has 1 saturated carbocycles. The SMILES string of the molecule is O=C(O)C(O)CNC(O)c1ccc(Cc2cc(C3=CC=C(OC(F)(F)F)CC3)nn2C2CCCCC2)cc1. The number of carbonyl (C=O) groups is 1. The van der Waals surface area contributed by atoms with Gasteiger partial charge >= 0.3 is 12.3 Å². The molecule has 1 aromatic heterocycles. The monoisotopic (exact) mass is 535 g/mol. The van der Waals surface area contributed by atoms with Gasteiger partial charge in [0.15, 0.2) is 6.10 Å². The molecule has 38 heavy (non-hydrogen) atoms. The van der Waals surface area contributed by atoms with E-state index < -0.39 is 24.7 Å². The van der Waals surface area contributed by atoms with E-state index in [0.717, 1.165) is 48.2 Å². The number of allylic oxidation sites excluding steroid dienone is 4. The van der Waals surface area contributed by atoms with Crippen LogP contribution in [0.2, 0.25) is 0 Å². The standard InChI is InChI=1S/C27H32F3N3O5/c28-27(29,30)38-22-12-10-18(11-13-22)23-15-21(33(32-23)20-4-2-1-3-5-20)14-17-6-8-19(9-7-17)25(35)31-16-24(34)26(36)37/h6-10,12,15,20,24-25,31,34-35H,1-5,11,13-14,16H2,(H,36,37). The third-order valence-electron chi connectivity index (χ3n) is 6.89. The van der Waals surface area contributed by atoms with Gasteiger partial charge in [-0.2, -0.15) is 5.10 Å². The lowest BCUT2D eigenvalue weighted by molar-refractivity contribution is -0.306. The molecule has 2 aliphatic rings. The third-order valence-corrected chi connectivity index (χ3v) is 6.89. The summed E-state index contributed by atoms with van der Waals surface area (Å²) in [5.41, 5.74) is 4.13. The van der Waals surface area contributed by atoms with Gasteiger partial charge in [-0.3, -0.25) is 10.00 Å². The van der Waals surface area contributed by atoms with Crippen molar-refractivity contribution in [2.75, 3.05) is 6.54 Å². The Bertz CT molecular complexity index is 1170. The molecule has 1 heterocycles. The average molecular weight is 536 g/mol. The highest BCUT2D eigenvalue weighted by molar-refractivity contribution is 5.72. The first-order valence-electron chi connectivity index (χ1n) is 12.7. The summed E-state index contributed by atoms with van der Waals surface area (Å²) in [4.78, 5) is 10.7. The average Bonchev–Trinajstić information content (AvgIpc) is 3.31. The first-order chi connectivity index (χ1) is 18.1. The maximum atomic E-state index is 12.5. The number of halogens is 3. The maximum Gasteiger partial charge on any atom is 0.572 e. The van der Waals surface area contributed by atoms with Crippen molar-refractivity contribution >= 4 is 11.5 Å². The second kappa shape index (κ2) is 12.1. The minimum atomic E-state index is -4.70. The largest absolute Gasteiger partial charge is 0.572 e. The Morgan fingerprint density at radius 2 is 1.82 bits per heavy atom. The molecular weight excluding hydrogens is 503 g/mol. The van der Waals surface area contributed by atoms with Crippen molar-refractivity contribution in [2.45, 2.75) is 76.1 Å². The van der Waals surface area contributed by atoms with E-state index in [1.807, 2.05) is 18.2 Å². The molecule has 1 fully saturated rings. The van der Waals surface area contributed by atoms with Crippen molar-refractivity contribution in [1.29, 1.82) is 0 Å². The van der Waals surface area contributed by atoms with Crippen molar-refractivity contribution in [1.82, 2.24) is 15.1 Å². The van der Waals surface area contributed by atoms with E-state index in [-0.39, 0.29) is 24.8 Å². The molecular formula is C27H32F3N3O5. The number of hydrogen-bond acceptors (Lipinski definition) is 6. The molecule has 0 radical (unpaired) electrons. The quantitative estimate of drug-likeness (QED) is 0.329. The Balaban J connectivity index is 1.50. The van der Waals surface area contributed by atoms with Gasteiger partial charge < -0.3 is 20.1 Å². The van der Waals surface area contributed by atoms with E-state index in [9.17, 15) is 28.2 Å². The topological polar surface area (TPSA) is 117 Å². The number of hydrogen-bond donors (Lipinski definition) is 4. The number of carboxylic acids is 1. The van der Waals surface area contributed by atoms with Crippen LogP contribution >= 0.6 is 0 Å². The van der Waals surface area contributed by atoms with Crippen LogP contribution in [-0.2, 0) is 16.0 Å². The zero-order valence-corrected chi connectivity index (χ0v) is 20.8. The number of aliphatic carboxylic acids is 1. The van der Waals surface area contributed by atoms with Gasteiger partial charge in [-0.1, -0.05) is 49.6 Å². The first-order valence-corrected chi connectivity index (χ1v) is 12.7. The second-order valence-electron chi connectivity index (χ2n) is 9.71. The predicted octanol–water partition coefficient (Wildman–Crippen LogP) is 4.60. The Hall–Kier alpha value is -3.15. The molecule has 0 saturated heterocycles. The molecule has 0 amide bonds. The number of rotatable bonds is 10. The van der Waals surface area contributed by atoms with Gasteiger partial charge in [-0.05, 0) is 48.1 Å². The number of ether oxygens (including phenoxy) is 1. The molecule has 2 aliphatic carbocycles. The zero-order valence-electron chi connectivity index (χ0n) is 20.8. The minimum Gasteiger partial charge on any atom is -0.479 e. The predicted molar refractivity (Wildman–Crippen MR) is 133 cm³/mol. The number of alkyl halides is 3. The van der Waals surface area contributed by atoms with E-state index in [2.05, 4.69) is 14.7 Å². The molecule has 4 rings (SSSR count). The van der Waals surface area contributed by atoms with Crippen LogP contribution in [0.25, 0.3) is 5.57 Å². The molecule has 0 bridgehead atoms. The number of aliphatic hydroxyl groups is 2. The van der Waals surface area contributed by atoms with Crippen molar-refractivity contribution in [3.05, 3.63) is 70.8 Å². The van der Waals surface area contributed by atoms with Crippen LogP contribution in [0.15, 0.2) is 48.2 Å². The molecule has 8 nitrogen and oxygen atoms in total. The molecule has 1 aromatic carbocycles. The van der Waals surface area contributed by atoms with Crippen LogP contribution in [0.3, 0.4) is 0 Å². The molecule has 0 spiro atoms. The summed E-state index contributed by atoms with van der Waals surface area (Å²) in [6.45, 7) is -0.295. The lowest BCUT2D eigenvalue weighted by Gasteiger charge is -2.24. The van der Waals surface area contributed by atoms with Gasteiger partial charge in [-0.15, -0.1) is 13.2 Å². The molecule has 0 aliphatic heterocycles. The summed E-state index contributed by atoms with van der Waals surface area (Å²) < 4.78 is 43.8. The Kier molecular flexibility index (Phi) is 8.91. The minimum absolute atomic E-state index is 0.109. The van der Waals surface area contributed by atoms with Gasteiger partial charge in [0.25, 0.3) is 0 Å². The number of aliphatic hydroxyl groups excluding tert-OH is 2. The van der Waals surface area contributed by atoms with E-state index in [1.165, 1.54) is 12.5 Å². The number of benzene rings is 1. The van der Waals surface area contributed by atoms with Crippen LogP contribution in [0.4, 0.5) is 13.2 Å². The summed E-state index contributed by atoms with van der Waals surface area (Å²) in [5, 5.41) is 35.9. The number of carboxylic acid groups (broad SMARTS) is 1. The van der Waals surface area contributed by atoms with Gasteiger partial charge in [0.1, 0.15) is 12.0 Å². The van der Waals surface area contributed by atoms with Crippen molar-refractivity contribution in [3.8, 4) is 0 Å². The van der Waals surface area contributed by atoms with Crippen molar-refractivity contribution < 1.29 is 38.0 Å². The highest BCUT2D eigenvalue weighted by Gasteiger charge is 2.32. The summed E-state index contributed by atoms with van der Waals surface area (Å²) in [6.07, 6.45) is 2.18. The van der Waals surface area contributed by atoms with E-state index >= 15 is 0 Å². The number of aromatic nitrogens is 2. The van der Waals surface area contributed by atoms with Crippen LogP contribution in [0, 0.1) is 0 Å². The van der Waals surface area contributed by atoms with Gasteiger partial charge in [0.05, 0.1) is 11.7 Å². The smallest absolute Gasteiger partial charge is 0.479 e. The van der Waals surface area contributed by atoms with E-state index in [0.29, 0.717) is 18.4 Å². The molecule has 2 unspecified atom stereocenters. The summed E-state index contributed by atoms with van der Waals surface area (Å²) in [5.74, 6) is -1.48. The van der Waals surface area contributed by atoms with Crippen LogP contribution < -0.4 is 5.32 Å². The first kappa shape index (κ1) is 27.9. The molecule has 2 atom stereocenters. The van der Waals surface area contributed by atoms with Gasteiger partial charge in [-0.25, -0.2) is 4.79 Å². The maximum absolute atomic E-state index is 12.5. The zero-order chi connectivity index (χ0) is 27.3. The lowest BCUT2D eigenvalue weighted by atomic mass is 9.95. The van der Waals surface area contributed by atoms with E-state index in [1.54, 1.807) is 18.2 Å². The molecule has 4 N–H and O–H groups in total. The summed E-state index contributed by atoms with van der Waals surface area (Å²) >= 11 is 0. The molecule has 2 aromatic rings. The Labute approximate surface area is 218 Å². The van der Waals surface area contributed by atoms with Gasteiger partial charge in [0, 0.05) is 25.1 Å². The fourth-order valence-corrected chi connectivity index (χ4v) is 4.88. The van der Waals surface area contributed by atoms with E-state index in [4.69, 9.17) is 10.2 Å². The Morgan fingerprint density at radius 1 is 1.11 bits per heavy atom. The summed E-state index contributed by atoms with van der Waals surface area (Å²) in [6, 6.07) is 9.48. The van der Waals surface area contributed by atoms with Crippen LogP contribution in [-0.4, -0.2) is 50.1 Å². The fraction of sp³-hybridized carbons (Fsp3) is 0.481. The van der Waals surface area contributed by atoms with Crippen molar-refractivity contribution in [2.24, 2.45) is 0 Å². The van der Waals surface area contributed by atoms with Gasteiger partial charge in [0.2, 0.25) is 0 Å². The Morgan fingerprint density at radius 3 is 2.42 bits per heavy atom. The fourth-order valence-electron chi connectivity index (χ4n) is 4.88. The summed E-state index contributed by atoms with van der Waals surface area (Å²) in [7, 11) is 0. The highest BCUT2D eigenvalue weighted by Crippen LogP contribution is 2.34. The lowest BCUT2D eigenvalue weighted by Crippen LogP contribution is -2.35. The normalized spacial score (nSPS) is 18.4. The highest BCUT2D eigenvalue weighted by atomic mass is 19.4. The van der Waals surface area contributed by atoms with Crippen LogP contribution in [0.5, 0.6) is 0 Å². The van der Waals surface area contributed by atoms with Crippen LogP contribution in [0.1, 0.15) is 79.7 Å². The second-order valence-corrected chi connectivity index (χ2v) is 9.71. The molecule has 206 valence electrons. The molecule has 11 heteroatoms. The number of nitrogens with one attached hydrogen (secondary N) is 1. The van der Waals surface area contributed by atoms with Crippen molar-refractivity contribution in [3.63, 3.8) is 0 Å². The third kappa shape index (κ3) is 7.46.